The van der Waals surface area contributed by atoms with E-state index in [1.165, 1.54) is 18.2 Å². The summed E-state index contributed by atoms with van der Waals surface area (Å²) in [5, 5.41) is 12.5. The summed E-state index contributed by atoms with van der Waals surface area (Å²) in [7, 11) is 0. The average Bonchev–Trinajstić information content (AvgIpc) is 2.42. The quantitative estimate of drug-likeness (QED) is 0.743. The average molecular weight is 336 g/mol. The van der Waals surface area contributed by atoms with Gasteiger partial charge in [-0.25, -0.2) is 0 Å². The van der Waals surface area contributed by atoms with E-state index in [1.54, 1.807) is 6.07 Å². The number of hydrogen-bond acceptors (Lipinski definition) is 2. The number of phenolic OH excluding ortho intramolecular Hbond substituents is 1. The number of phenols is 1. The van der Waals surface area contributed by atoms with Crippen molar-refractivity contribution in [2.24, 2.45) is 0 Å². The van der Waals surface area contributed by atoms with Crippen LogP contribution in [0, 0.1) is 0 Å². The molecule has 0 bridgehead atoms. The van der Waals surface area contributed by atoms with Gasteiger partial charge in [-0.15, -0.1) is 0 Å². The lowest BCUT2D eigenvalue weighted by Gasteiger charge is -2.11. The summed E-state index contributed by atoms with van der Waals surface area (Å²) in [6.07, 6.45) is -4.37. The highest BCUT2D eigenvalue weighted by Gasteiger charge is 2.30. The topological polar surface area (TPSA) is 32.3 Å². The van der Waals surface area contributed by atoms with Gasteiger partial charge in [0.2, 0.25) is 0 Å². The highest BCUT2D eigenvalue weighted by Crippen LogP contribution is 2.35. The standard InChI is InChI=1S/C14H10Cl2F3NO/c15-11-5-10(6-12(16)13(11)21)20-7-8-2-1-3-9(4-8)14(17,18)19/h1-6,20-21H,7H2. The fraction of sp³-hybridized carbons (Fsp3) is 0.143. The van der Waals surface area contributed by atoms with E-state index in [0.29, 0.717) is 11.3 Å². The first kappa shape index (κ1) is 15.8. The molecule has 0 heterocycles. The molecule has 0 fully saturated rings. The zero-order valence-corrected chi connectivity index (χ0v) is 12.0. The van der Waals surface area contributed by atoms with E-state index in [1.807, 2.05) is 0 Å². The fourth-order valence-electron chi connectivity index (χ4n) is 1.73. The van der Waals surface area contributed by atoms with Crippen molar-refractivity contribution in [2.75, 3.05) is 5.32 Å². The predicted octanol–water partition coefficient (Wildman–Crippen LogP) is 5.33. The van der Waals surface area contributed by atoms with E-state index in [9.17, 15) is 18.3 Å². The zero-order valence-electron chi connectivity index (χ0n) is 10.5. The molecule has 0 aliphatic carbocycles. The molecule has 112 valence electrons. The molecule has 2 aromatic rings. The van der Waals surface area contributed by atoms with Crippen LogP contribution in [0.4, 0.5) is 18.9 Å². The number of nitrogens with one attached hydrogen (secondary N) is 1. The van der Waals surface area contributed by atoms with Crippen LogP contribution >= 0.6 is 23.2 Å². The Bertz CT molecular complexity index is 636. The molecule has 0 unspecified atom stereocenters. The normalized spacial score (nSPS) is 11.5. The molecule has 0 aliphatic heterocycles. The van der Waals surface area contributed by atoms with Gasteiger partial charge in [-0.3, -0.25) is 0 Å². The summed E-state index contributed by atoms with van der Waals surface area (Å²) in [6.45, 7) is 0.168. The Labute approximate surface area is 129 Å². The zero-order chi connectivity index (χ0) is 15.6. The Hall–Kier alpha value is -1.59. The first-order valence-corrected chi connectivity index (χ1v) is 6.61. The van der Waals surface area contributed by atoms with Gasteiger partial charge in [-0.05, 0) is 29.8 Å². The highest BCUT2D eigenvalue weighted by molar-refractivity contribution is 6.37. The monoisotopic (exact) mass is 335 g/mol. The van der Waals surface area contributed by atoms with Gasteiger partial charge in [0.15, 0.2) is 5.75 Å². The van der Waals surface area contributed by atoms with Gasteiger partial charge in [-0.2, -0.15) is 13.2 Å². The van der Waals surface area contributed by atoms with Crippen molar-refractivity contribution >= 4 is 28.9 Å². The Morgan fingerprint density at radius 3 is 2.24 bits per heavy atom. The molecule has 2 N–H and O–H groups in total. The summed E-state index contributed by atoms with van der Waals surface area (Å²) in [4.78, 5) is 0. The number of benzene rings is 2. The number of rotatable bonds is 3. The van der Waals surface area contributed by atoms with E-state index >= 15 is 0 Å². The molecule has 0 saturated carbocycles. The second kappa shape index (κ2) is 6.03. The summed E-state index contributed by atoms with van der Waals surface area (Å²) in [5.74, 6) is -0.233. The van der Waals surface area contributed by atoms with E-state index in [4.69, 9.17) is 23.2 Å². The first-order chi connectivity index (χ1) is 9.77. The maximum atomic E-state index is 12.6. The third-order valence-corrected chi connectivity index (χ3v) is 3.34. The molecule has 0 radical (unpaired) electrons. The van der Waals surface area contributed by atoms with Crippen LogP contribution in [0.2, 0.25) is 10.0 Å². The molecule has 0 aromatic heterocycles. The number of hydrogen-bond donors (Lipinski definition) is 2. The fourth-order valence-corrected chi connectivity index (χ4v) is 2.22. The molecule has 7 heteroatoms. The van der Waals surface area contributed by atoms with Gasteiger partial charge >= 0.3 is 6.18 Å². The highest BCUT2D eigenvalue weighted by atomic mass is 35.5. The lowest BCUT2D eigenvalue weighted by Crippen LogP contribution is -2.06. The molecule has 0 aliphatic rings. The van der Waals surface area contributed by atoms with Crippen molar-refractivity contribution in [2.45, 2.75) is 12.7 Å². The minimum Gasteiger partial charge on any atom is -0.505 e. The van der Waals surface area contributed by atoms with Crippen molar-refractivity contribution in [3.05, 3.63) is 57.6 Å². The predicted molar refractivity (Wildman–Crippen MR) is 76.9 cm³/mol. The van der Waals surface area contributed by atoms with Crippen LogP contribution in [0.25, 0.3) is 0 Å². The molecule has 0 amide bonds. The molecule has 21 heavy (non-hydrogen) atoms. The number of halogens is 5. The lowest BCUT2D eigenvalue weighted by atomic mass is 10.1. The summed E-state index contributed by atoms with van der Waals surface area (Å²) in [5.41, 5.74) is 0.258. The third-order valence-electron chi connectivity index (χ3n) is 2.77. The maximum Gasteiger partial charge on any atom is 0.416 e. The van der Waals surface area contributed by atoms with Crippen molar-refractivity contribution < 1.29 is 18.3 Å². The maximum absolute atomic E-state index is 12.6. The Morgan fingerprint density at radius 2 is 1.67 bits per heavy atom. The van der Waals surface area contributed by atoms with Crippen molar-refractivity contribution in [1.82, 2.24) is 0 Å². The molecule has 2 aromatic carbocycles. The number of aromatic hydroxyl groups is 1. The van der Waals surface area contributed by atoms with E-state index in [0.717, 1.165) is 12.1 Å². The second-order valence-electron chi connectivity index (χ2n) is 4.34. The molecule has 0 atom stereocenters. The Kier molecular flexibility index (Phi) is 4.54. The van der Waals surface area contributed by atoms with E-state index in [-0.39, 0.29) is 22.3 Å². The summed E-state index contributed by atoms with van der Waals surface area (Å²) < 4.78 is 37.8. The summed E-state index contributed by atoms with van der Waals surface area (Å²) >= 11 is 11.5. The molecule has 2 nitrogen and oxygen atoms in total. The van der Waals surface area contributed by atoms with Crippen LogP contribution < -0.4 is 5.32 Å². The van der Waals surface area contributed by atoms with Gasteiger partial charge in [0.25, 0.3) is 0 Å². The largest absolute Gasteiger partial charge is 0.505 e. The smallest absolute Gasteiger partial charge is 0.416 e. The van der Waals surface area contributed by atoms with E-state index in [2.05, 4.69) is 5.32 Å². The first-order valence-electron chi connectivity index (χ1n) is 5.85. The van der Waals surface area contributed by atoms with Crippen LogP contribution in [0.15, 0.2) is 36.4 Å². The van der Waals surface area contributed by atoms with Crippen LogP contribution in [0.5, 0.6) is 5.75 Å². The van der Waals surface area contributed by atoms with E-state index < -0.39 is 11.7 Å². The van der Waals surface area contributed by atoms with Gasteiger partial charge in [0.1, 0.15) is 0 Å². The van der Waals surface area contributed by atoms with Gasteiger partial charge < -0.3 is 10.4 Å². The molecule has 0 spiro atoms. The SMILES string of the molecule is Oc1c(Cl)cc(NCc2cccc(C(F)(F)F)c2)cc1Cl. The van der Waals surface area contributed by atoms with Crippen molar-refractivity contribution in [1.29, 1.82) is 0 Å². The minimum atomic E-state index is -4.37. The van der Waals surface area contributed by atoms with Gasteiger partial charge in [-0.1, -0.05) is 35.3 Å². The molecule has 2 rings (SSSR count). The van der Waals surface area contributed by atoms with Crippen LogP contribution in [0.1, 0.15) is 11.1 Å². The van der Waals surface area contributed by atoms with Gasteiger partial charge in [0.05, 0.1) is 15.6 Å². The minimum absolute atomic E-state index is 0.0639. The second-order valence-corrected chi connectivity index (χ2v) is 5.15. The van der Waals surface area contributed by atoms with Crippen LogP contribution in [-0.4, -0.2) is 5.11 Å². The van der Waals surface area contributed by atoms with Crippen molar-refractivity contribution in [3.63, 3.8) is 0 Å². The Balaban J connectivity index is 2.14. The molecular formula is C14H10Cl2F3NO. The number of anilines is 1. The van der Waals surface area contributed by atoms with Crippen molar-refractivity contribution in [3.8, 4) is 5.75 Å². The third kappa shape index (κ3) is 3.95. The summed E-state index contributed by atoms with van der Waals surface area (Å²) in [6, 6.07) is 7.88. The lowest BCUT2D eigenvalue weighted by molar-refractivity contribution is -0.137. The number of alkyl halides is 3. The Morgan fingerprint density at radius 1 is 1.05 bits per heavy atom. The van der Waals surface area contributed by atoms with Crippen LogP contribution in [0.3, 0.4) is 0 Å². The molecule has 0 saturated heterocycles. The molecular weight excluding hydrogens is 326 g/mol. The van der Waals surface area contributed by atoms with Gasteiger partial charge in [0, 0.05) is 12.2 Å². The van der Waals surface area contributed by atoms with Crippen LogP contribution in [-0.2, 0) is 12.7 Å².